The van der Waals surface area contributed by atoms with E-state index < -0.39 is 8.60 Å². The van der Waals surface area contributed by atoms with Crippen molar-refractivity contribution < 1.29 is 14.7 Å². The highest BCUT2D eigenvalue weighted by Gasteiger charge is 1.76. The molecule has 0 aliphatic carbocycles. The zero-order valence-electron chi connectivity index (χ0n) is 5.55. The Kier molecular flexibility index (Phi) is 6.42. The van der Waals surface area contributed by atoms with Crippen LogP contribution in [0.4, 0.5) is 0 Å². The normalized spacial score (nSPS) is 8.82. The van der Waals surface area contributed by atoms with Crippen LogP contribution in [0, 0.1) is 0 Å². The number of benzene rings is 1. The summed E-state index contributed by atoms with van der Waals surface area (Å²) in [5.74, 6) is 0. The molecule has 0 amide bonds. The Morgan fingerprint density at radius 2 is 1.36 bits per heavy atom. The van der Waals surface area contributed by atoms with Gasteiger partial charge in [0.25, 0.3) is 0 Å². The Labute approximate surface area is 70.9 Å². The van der Waals surface area contributed by atoms with E-state index in [0.29, 0.717) is 0 Å². The van der Waals surface area contributed by atoms with E-state index in [1.807, 2.05) is 30.3 Å². The van der Waals surface area contributed by atoms with Gasteiger partial charge < -0.3 is 14.7 Å². The summed E-state index contributed by atoms with van der Waals surface area (Å²) in [6.07, 6.45) is 0. The molecular formula is C6H8ClO3P. The van der Waals surface area contributed by atoms with E-state index in [0.717, 1.165) is 5.02 Å². The van der Waals surface area contributed by atoms with E-state index in [1.165, 1.54) is 0 Å². The molecule has 0 spiro atoms. The van der Waals surface area contributed by atoms with Crippen LogP contribution < -0.4 is 0 Å². The molecule has 0 saturated heterocycles. The molecule has 1 rings (SSSR count). The van der Waals surface area contributed by atoms with Crippen molar-refractivity contribution in [2.75, 3.05) is 0 Å². The molecule has 11 heavy (non-hydrogen) atoms. The monoisotopic (exact) mass is 194 g/mol. The van der Waals surface area contributed by atoms with Crippen molar-refractivity contribution >= 4 is 20.2 Å². The fourth-order valence-electron chi connectivity index (χ4n) is 0.415. The van der Waals surface area contributed by atoms with E-state index in [4.69, 9.17) is 26.3 Å². The number of rotatable bonds is 0. The molecule has 0 heterocycles. The van der Waals surface area contributed by atoms with E-state index in [-0.39, 0.29) is 0 Å². The summed E-state index contributed by atoms with van der Waals surface area (Å²) in [4.78, 5) is 21.7. The third-order valence-corrected chi connectivity index (χ3v) is 0.985. The molecule has 0 atom stereocenters. The molecule has 62 valence electrons. The van der Waals surface area contributed by atoms with Gasteiger partial charge in [0.2, 0.25) is 0 Å². The topological polar surface area (TPSA) is 60.7 Å². The highest BCUT2D eigenvalue weighted by molar-refractivity contribution is 7.38. The van der Waals surface area contributed by atoms with Gasteiger partial charge in [-0.1, -0.05) is 29.8 Å². The van der Waals surface area contributed by atoms with Gasteiger partial charge in [-0.25, -0.2) is 0 Å². The Morgan fingerprint density at radius 1 is 1.00 bits per heavy atom. The van der Waals surface area contributed by atoms with Crippen molar-refractivity contribution in [3.63, 3.8) is 0 Å². The summed E-state index contributed by atoms with van der Waals surface area (Å²) in [5, 5.41) is 0.794. The van der Waals surface area contributed by atoms with Crippen LogP contribution in [-0.2, 0) is 0 Å². The van der Waals surface area contributed by atoms with Crippen LogP contribution in [0.3, 0.4) is 0 Å². The highest BCUT2D eigenvalue weighted by atomic mass is 35.5. The number of hydrogen-bond acceptors (Lipinski definition) is 3. The van der Waals surface area contributed by atoms with Gasteiger partial charge in [-0.15, -0.1) is 0 Å². The van der Waals surface area contributed by atoms with Crippen LogP contribution in [0.15, 0.2) is 30.3 Å². The largest absolute Gasteiger partial charge is 0.328 e. The van der Waals surface area contributed by atoms with Crippen LogP contribution in [-0.4, -0.2) is 14.7 Å². The fourth-order valence-corrected chi connectivity index (χ4v) is 0.560. The van der Waals surface area contributed by atoms with Crippen LogP contribution in [0.1, 0.15) is 0 Å². The predicted molar refractivity (Wildman–Crippen MR) is 45.0 cm³/mol. The van der Waals surface area contributed by atoms with E-state index in [9.17, 15) is 0 Å². The molecule has 3 N–H and O–H groups in total. The Morgan fingerprint density at radius 3 is 1.55 bits per heavy atom. The van der Waals surface area contributed by atoms with Gasteiger partial charge in [-0.05, 0) is 12.1 Å². The summed E-state index contributed by atoms with van der Waals surface area (Å²) in [5.41, 5.74) is 0. The van der Waals surface area contributed by atoms with Gasteiger partial charge in [0.1, 0.15) is 0 Å². The van der Waals surface area contributed by atoms with Gasteiger partial charge in [0.05, 0.1) is 0 Å². The van der Waals surface area contributed by atoms with E-state index in [2.05, 4.69) is 0 Å². The minimum absolute atomic E-state index is 0.794. The average Bonchev–Trinajstić information content (AvgIpc) is 1.87. The highest BCUT2D eigenvalue weighted by Crippen LogP contribution is 2.11. The fraction of sp³-hybridized carbons (Fsp3) is 0. The maximum atomic E-state index is 7.23. The molecular weight excluding hydrogens is 186 g/mol. The first kappa shape index (κ1) is 10.8. The lowest BCUT2D eigenvalue weighted by atomic mass is 10.4. The third-order valence-electron chi connectivity index (χ3n) is 0.733. The van der Waals surface area contributed by atoms with E-state index in [1.54, 1.807) is 0 Å². The molecule has 1 aromatic carbocycles. The minimum Gasteiger partial charge on any atom is -0.328 e. The van der Waals surface area contributed by atoms with Gasteiger partial charge in [0, 0.05) is 5.02 Å². The lowest BCUT2D eigenvalue weighted by molar-refractivity contribution is 0.368. The molecule has 3 nitrogen and oxygen atoms in total. The first-order valence-corrected chi connectivity index (χ1v) is 4.28. The predicted octanol–water partition coefficient (Wildman–Crippen LogP) is 1.53. The Balaban J connectivity index is 0.000000218. The standard InChI is InChI=1S/C6H5Cl.H3O3P/c7-6-4-2-1-3-5-6;1-4(2)3/h1-5H;1-3H. The molecule has 0 aromatic heterocycles. The molecule has 0 aliphatic rings. The summed E-state index contributed by atoms with van der Waals surface area (Å²) in [6.45, 7) is 0. The van der Waals surface area contributed by atoms with Crippen molar-refractivity contribution in [2.24, 2.45) is 0 Å². The van der Waals surface area contributed by atoms with Crippen LogP contribution in [0.25, 0.3) is 0 Å². The molecule has 0 radical (unpaired) electrons. The zero-order valence-corrected chi connectivity index (χ0v) is 7.20. The lowest BCUT2D eigenvalue weighted by Crippen LogP contribution is -1.55. The van der Waals surface area contributed by atoms with Crippen molar-refractivity contribution in [2.45, 2.75) is 0 Å². The smallest absolute Gasteiger partial charge is 0.324 e. The Bertz CT molecular complexity index is 178. The third kappa shape index (κ3) is 9.82. The van der Waals surface area contributed by atoms with Crippen molar-refractivity contribution in [1.29, 1.82) is 0 Å². The first-order valence-electron chi connectivity index (χ1n) is 2.70. The van der Waals surface area contributed by atoms with Crippen LogP contribution >= 0.6 is 20.2 Å². The number of hydrogen-bond donors (Lipinski definition) is 3. The summed E-state index contributed by atoms with van der Waals surface area (Å²) in [7, 11) is -2.62. The zero-order chi connectivity index (χ0) is 8.69. The second-order valence-electron chi connectivity index (χ2n) is 1.56. The van der Waals surface area contributed by atoms with Crippen molar-refractivity contribution in [1.82, 2.24) is 0 Å². The van der Waals surface area contributed by atoms with Gasteiger partial charge >= 0.3 is 8.60 Å². The molecule has 0 fully saturated rings. The maximum absolute atomic E-state index is 7.23. The van der Waals surface area contributed by atoms with Crippen molar-refractivity contribution in [3.05, 3.63) is 35.4 Å². The SMILES string of the molecule is Clc1ccccc1.OP(O)O. The quantitative estimate of drug-likeness (QED) is 0.549. The van der Waals surface area contributed by atoms with E-state index >= 15 is 0 Å². The first-order chi connectivity index (χ1) is 5.13. The number of halogens is 1. The summed E-state index contributed by atoms with van der Waals surface area (Å²) < 4.78 is 0. The van der Waals surface area contributed by atoms with Gasteiger partial charge in [-0.2, -0.15) is 0 Å². The molecule has 0 saturated carbocycles. The molecule has 0 unspecified atom stereocenters. The summed E-state index contributed by atoms with van der Waals surface area (Å²) >= 11 is 5.54. The molecule has 1 aromatic rings. The second kappa shape index (κ2) is 6.53. The Hall–Kier alpha value is -0.180. The van der Waals surface area contributed by atoms with Crippen molar-refractivity contribution in [3.8, 4) is 0 Å². The average molecular weight is 195 g/mol. The van der Waals surface area contributed by atoms with Crippen LogP contribution in [0.5, 0.6) is 0 Å². The lowest BCUT2D eigenvalue weighted by Gasteiger charge is -1.80. The summed E-state index contributed by atoms with van der Waals surface area (Å²) in [6, 6.07) is 9.44. The maximum Gasteiger partial charge on any atom is 0.324 e. The molecule has 0 aliphatic heterocycles. The molecule has 5 heteroatoms. The molecule has 0 bridgehead atoms. The van der Waals surface area contributed by atoms with Gasteiger partial charge in [0.15, 0.2) is 0 Å². The van der Waals surface area contributed by atoms with Crippen LogP contribution in [0.2, 0.25) is 5.02 Å². The second-order valence-corrected chi connectivity index (χ2v) is 2.54. The van der Waals surface area contributed by atoms with Gasteiger partial charge in [-0.3, -0.25) is 0 Å². The minimum atomic E-state index is -2.62.